The Kier molecular flexibility index (Phi) is 6.22. The summed E-state index contributed by atoms with van der Waals surface area (Å²) in [5.74, 6) is 3.60. The Morgan fingerprint density at radius 1 is 1.00 bits per heavy atom. The van der Waals surface area contributed by atoms with Gasteiger partial charge >= 0.3 is 0 Å². The number of hydrogen-bond acceptors (Lipinski definition) is 6. The van der Waals surface area contributed by atoms with Crippen molar-refractivity contribution in [2.75, 3.05) is 43.5 Å². The minimum atomic E-state index is 0.121. The first-order valence-corrected chi connectivity index (χ1v) is 13.0. The SMILES string of the molecule is O=C(Nc1cccc(-c2ccc(NC3CC4CN(CC5CCOCC5)C[C@H]4C3)nn2)c1)C1CC1. The van der Waals surface area contributed by atoms with Gasteiger partial charge in [0.05, 0.1) is 5.69 Å². The zero-order valence-electron chi connectivity index (χ0n) is 19.8. The fourth-order valence-electron chi connectivity index (χ4n) is 6.08. The van der Waals surface area contributed by atoms with Gasteiger partial charge in [0.1, 0.15) is 5.82 Å². The summed E-state index contributed by atoms with van der Waals surface area (Å²) in [6, 6.07) is 12.4. The molecule has 2 N–H and O–H groups in total. The molecule has 2 unspecified atom stereocenters. The number of amides is 1. The molecule has 2 saturated carbocycles. The van der Waals surface area contributed by atoms with Gasteiger partial charge in [0, 0.05) is 56.1 Å². The average molecular weight is 462 g/mol. The number of ether oxygens (including phenoxy) is 1. The number of nitrogens with zero attached hydrogens (tertiary/aromatic N) is 3. The standard InChI is InChI=1S/C27H35N5O2/c33-27(19-4-5-19)29-23-3-1-2-20(12-23)25-6-7-26(31-30-25)28-24-13-21-16-32(17-22(21)14-24)15-18-8-10-34-11-9-18/h1-3,6-7,12,18-19,21-22,24H,4-5,8-11,13-17H2,(H,28,31)(H,29,33)/t21-,22?,24?/m1/s1. The lowest BCUT2D eigenvalue weighted by Crippen LogP contribution is -2.32. The van der Waals surface area contributed by atoms with Crippen LogP contribution in [-0.2, 0) is 9.53 Å². The van der Waals surface area contributed by atoms with E-state index in [1.165, 1.54) is 45.3 Å². The van der Waals surface area contributed by atoms with E-state index in [0.717, 1.165) is 66.6 Å². The molecule has 3 heterocycles. The number of carbonyl (C=O) groups is 1. The molecule has 6 rings (SSSR count). The summed E-state index contributed by atoms with van der Waals surface area (Å²) in [6.07, 6.45) is 6.90. The second-order valence-corrected chi connectivity index (χ2v) is 10.8. The highest BCUT2D eigenvalue weighted by molar-refractivity contribution is 5.94. The van der Waals surface area contributed by atoms with Crippen LogP contribution in [-0.4, -0.2) is 59.9 Å². The molecule has 1 amide bonds. The number of hydrogen-bond donors (Lipinski definition) is 2. The summed E-state index contributed by atoms with van der Waals surface area (Å²) in [4.78, 5) is 14.8. The molecule has 2 saturated heterocycles. The minimum absolute atomic E-state index is 0.121. The second-order valence-electron chi connectivity index (χ2n) is 10.8. The molecule has 2 aliphatic carbocycles. The van der Waals surface area contributed by atoms with E-state index < -0.39 is 0 Å². The van der Waals surface area contributed by atoms with Crippen molar-refractivity contribution in [1.29, 1.82) is 0 Å². The summed E-state index contributed by atoms with van der Waals surface area (Å²) in [7, 11) is 0. The van der Waals surface area contributed by atoms with Gasteiger partial charge in [0.25, 0.3) is 0 Å². The third kappa shape index (κ3) is 5.10. The van der Waals surface area contributed by atoms with Crippen LogP contribution in [0.1, 0.15) is 38.5 Å². The first kappa shape index (κ1) is 22.0. The lowest BCUT2D eigenvalue weighted by Gasteiger charge is -2.27. The Morgan fingerprint density at radius 3 is 2.50 bits per heavy atom. The van der Waals surface area contributed by atoms with Crippen LogP contribution in [0.5, 0.6) is 0 Å². The van der Waals surface area contributed by atoms with Crippen molar-refractivity contribution in [3.05, 3.63) is 36.4 Å². The monoisotopic (exact) mass is 461 g/mol. The molecule has 0 spiro atoms. The maximum atomic E-state index is 12.1. The normalized spacial score (nSPS) is 27.5. The van der Waals surface area contributed by atoms with Gasteiger partial charge in [-0.2, -0.15) is 0 Å². The minimum Gasteiger partial charge on any atom is -0.381 e. The first-order valence-electron chi connectivity index (χ1n) is 13.0. The van der Waals surface area contributed by atoms with E-state index >= 15 is 0 Å². The number of nitrogens with one attached hydrogen (secondary N) is 2. The number of carbonyl (C=O) groups excluding carboxylic acids is 1. The fraction of sp³-hybridized carbons (Fsp3) is 0.593. The van der Waals surface area contributed by atoms with Crippen molar-refractivity contribution in [1.82, 2.24) is 15.1 Å². The molecular formula is C27H35N5O2. The maximum Gasteiger partial charge on any atom is 0.227 e. The summed E-state index contributed by atoms with van der Waals surface area (Å²) >= 11 is 0. The summed E-state index contributed by atoms with van der Waals surface area (Å²) in [5, 5.41) is 15.6. The summed E-state index contributed by atoms with van der Waals surface area (Å²) in [6.45, 7) is 5.64. The number of anilines is 2. The van der Waals surface area contributed by atoms with Gasteiger partial charge in [0.2, 0.25) is 5.91 Å². The Balaban J connectivity index is 1.01. The van der Waals surface area contributed by atoms with Crippen LogP contribution in [0.15, 0.2) is 36.4 Å². The van der Waals surface area contributed by atoms with Gasteiger partial charge in [0.15, 0.2) is 0 Å². The van der Waals surface area contributed by atoms with E-state index in [2.05, 4.69) is 25.7 Å². The second kappa shape index (κ2) is 9.62. The van der Waals surface area contributed by atoms with Crippen molar-refractivity contribution in [3.8, 4) is 11.3 Å². The van der Waals surface area contributed by atoms with E-state index in [-0.39, 0.29) is 11.8 Å². The molecule has 34 heavy (non-hydrogen) atoms. The van der Waals surface area contributed by atoms with Crippen LogP contribution in [0.25, 0.3) is 11.3 Å². The maximum absolute atomic E-state index is 12.1. The lowest BCUT2D eigenvalue weighted by atomic mass is 10.00. The van der Waals surface area contributed by atoms with Crippen LogP contribution in [0.4, 0.5) is 11.5 Å². The molecule has 0 bridgehead atoms. The van der Waals surface area contributed by atoms with Gasteiger partial charge in [-0.15, -0.1) is 10.2 Å². The van der Waals surface area contributed by atoms with Gasteiger partial charge in [-0.3, -0.25) is 4.79 Å². The van der Waals surface area contributed by atoms with Crippen molar-refractivity contribution in [2.45, 2.75) is 44.6 Å². The Labute approximate surface area is 201 Å². The molecule has 7 nitrogen and oxygen atoms in total. The van der Waals surface area contributed by atoms with E-state index in [9.17, 15) is 4.79 Å². The molecule has 1 aromatic carbocycles. The predicted molar refractivity (Wildman–Crippen MR) is 132 cm³/mol. The zero-order chi connectivity index (χ0) is 22.9. The fourth-order valence-corrected chi connectivity index (χ4v) is 6.08. The largest absolute Gasteiger partial charge is 0.381 e. The van der Waals surface area contributed by atoms with Crippen molar-refractivity contribution < 1.29 is 9.53 Å². The molecule has 2 aliphatic heterocycles. The zero-order valence-corrected chi connectivity index (χ0v) is 19.8. The summed E-state index contributed by atoms with van der Waals surface area (Å²) in [5.41, 5.74) is 2.61. The lowest BCUT2D eigenvalue weighted by molar-refractivity contribution is -0.117. The van der Waals surface area contributed by atoms with E-state index in [4.69, 9.17) is 4.74 Å². The molecule has 0 radical (unpaired) electrons. The van der Waals surface area contributed by atoms with Gasteiger partial charge < -0.3 is 20.3 Å². The van der Waals surface area contributed by atoms with E-state index in [1.807, 2.05) is 36.4 Å². The highest BCUT2D eigenvalue weighted by Gasteiger charge is 2.41. The number of aromatic nitrogens is 2. The van der Waals surface area contributed by atoms with E-state index in [1.54, 1.807) is 0 Å². The van der Waals surface area contributed by atoms with Gasteiger partial charge in [-0.1, -0.05) is 12.1 Å². The number of benzene rings is 1. The third-order valence-corrected chi connectivity index (χ3v) is 8.07. The smallest absolute Gasteiger partial charge is 0.227 e. The van der Waals surface area contributed by atoms with Crippen LogP contribution >= 0.6 is 0 Å². The van der Waals surface area contributed by atoms with E-state index in [0.29, 0.717) is 6.04 Å². The summed E-state index contributed by atoms with van der Waals surface area (Å²) < 4.78 is 5.52. The van der Waals surface area contributed by atoms with Crippen molar-refractivity contribution >= 4 is 17.4 Å². The predicted octanol–water partition coefficient (Wildman–Crippen LogP) is 4.04. The van der Waals surface area contributed by atoms with Crippen LogP contribution < -0.4 is 10.6 Å². The molecule has 7 heteroatoms. The molecule has 4 aliphatic rings. The van der Waals surface area contributed by atoms with Crippen LogP contribution in [0.2, 0.25) is 0 Å². The van der Waals surface area contributed by atoms with Crippen molar-refractivity contribution in [3.63, 3.8) is 0 Å². The Morgan fingerprint density at radius 2 is 1.79 bits per heavy atom. The van der Waals surface area contributed by atoms with Gasteiger partial charge in [-0.25, -0.2) is 0 Å². The molecule has 1 aromatic heterocycles. The van der Waals surface area contributed by atoms with Gasteiger partial charge in [-0.05, 0) is 80.5 Å². The Hall–Kier alpha value is -2.51. The Bertz CT molecular complexity index is 988. The van der Waals surface area contributed by atoms with Crippen LogP contribution in [0, 0.1) is 23.7 Å². The molecule has 180 valence electrons. The van der Waals surface area contributed by atoms with Crippen molar-refractivity contribution in [2.24, 2.45) is 23.7 Å². The van der Waals surface area contributed by atoms with Crippen LogP contribution in [0.3, 0.4) is 0 Å². The highest BCUT2D eigenvalue weighted by Crippen LogP contribution is 2.39. The quantitative estimate of drug-likeness (QED) is 0.648. The highest BCUT2D eigenvalue weighted by atomic mass is 16.5. The average Bonchev–Trinajstić information content (AvgIpc) is 3.55. The third-order valence-electron chi connectivity index (χ3n) is 8.07. The number of fused-ring (bicyclic) bond motifs is 1. The molecule has 3 atom stereocenters. The topological polar surface area (TPSA) is 79.4 Å². The molecule has 2 aromatic rings. The first-order chi connectivity index (χ1) is 16.7. The number of likely N-dealkylation sites (tertiary alicyclic amines) is 1. The molecule has 4 fully saturated rings. The number of rotatable bonds is 7. The molecular weight excluding hydrogens is 426 g/mol.